The summed E-state index contributed by atoms with van der Waals surface area (Å²) in [4.78, 5) is 23.5. The van der Waals surface area contributed by atoms with E-state index >= 15 is 0 Å². The molecule has 112 valence electrons. The second-order valence-electron chi connectivity index (χ2n) is 5.38. The molecule has 1 aromatic rings. The first-order valence-corrected chi connectivity index (χ1v) is 6.65. The maximum atomic E-state index is 11.9. The van der Waals surface area contributed by atoms with Crippen LogP contribution in [0.15, 0.2) is 15.8 Å². The predicted molar refractivity (Wildman–Crippen MR) is 73.6 cm³/mol. The number of aryl methyl sites for hydroxylation is 1. The summed E-state index contributed by atoms with van der Waals surface area (Å²) in [6.07, 6.45) is 1.88. The van der Waals surface area contributed by atoms with Crippen LogP contribution in [0.2, 0.25) is 0 Å². The minimum absolute atomic E-state index is 0.224. The van der Waals surface area contributed by atoms with E-state index in [0.29, 0.717) is 31.7 Å². The fourth-order valence-corrected chi connectivity index (χ4v) is 2.42. The molecule has 1 aromatic heterocycles. The molecule has 1 aliphatic heterocycles. The number of nitrogens with one attached hydrogen (secondary N) is 1. The number of nitrogens with zero attached hydrogens (tertiary/aromatic N) is 2. The van der Waals surface area contributed by atoms with Gasteiger partial charge in [-0.05, 0) is 6.92 Å². The second-order valence-corrected chi connectivity index (χ2v) is 5.38. The summed E-state index contributed by atoms with van der Waals surface area (Å²) < 4.78 is 7.79. The molecule has 1 fully saturated rings. The average Bonchev–Trinajstić information content (AvgIpc) is 2.73. The number of ether oxygens (including phenoxy) is 1. The summed E-state index contributed by atoms with van der Waals surface area (Å²) in [7, 11) is 3.06. The van der Waals surface area contributed by atoms with Crippen LogP contribution in [0.25, 0.3) is 0 Å². The Morgan fingerprint density at radius 2 is 2.20 bits per heavy atom. The lowest BCUT2D eigenvalue weighted by molar-refractivity contribution is -0.0263. The fraction of sp³-hybridized carbons (Fsp3) is 0.692. The Hall–Kier alpha value is -1.44. The summed E-state index contributed by atoms with van der Waals surface area (Å²) in [5, 5.41) is 13.4. The first-order valence-electron chi connectivity index (χ1n) is 6.65. The maximum absolute atomic E-state index is 11.9. The fourth-order valence-electron chi connectivity index (χ4n) is 2.42. The molecule has 0 aromatic carbocycles. The Kier molecular flexibility index (Phi) is 4.12. The van der Waals surface area contributed by atoms with E-state index in [1.54, 1.807) is 7.05 Å². The quantitative estimate of drug-likeness (QED) is 0.718. The van der Waals surface area contributed by atoms with E-state index in [-0.39, 0.29) is 17.4 Å². The van der Waals surface area contributed by atoms with E-state index in [9.17, 15) is 14.7 Å². The van der Waals surface area contributed by atoms with Crippen LogP contribution in [0.1, 0.15) is 18.9 Å². The Bertz CT molecular complexity index is 607. The lowest BCUT2D eigenvalue weighted by Crippen LogP contribution is -2.46. The molecule has 20 heavy (non-hydrogen) atoms. The molecule has 1 aliphatic rings. The first-order chi connectivity index (χ1) is 9.35. The van der Waals surface area contributed by atoms with E-state index in [1.165, 1.54) is 17.8 Å². The highest BCUT2D eigenvalue weighted by molar-refractivity contribution is 5.05. The molecule has 2 N–H and O–H groups in total. The molecule has 0 spiro atoms. The van der Waals surface area contributed by atoms with Crippen molar-refractivity contribution in [3.63, 3.8) is 0 Å². The van der Waals surface area contributed by atoms with Crippen molar-refractivity contribution in [3.05, 3.63) is 32.6 Å². The first kappa shape index (κ1) is 15.0. The van der Waals surface area contributed by atoms with E-state index in [1.807, 2.05) is 6.92 Å². The van der Waals surface area contributed by atoms with Gasteiger partial charge in [-0.15, -0.1) is 0 Å². The SMILES string of the molecule is CC1OCCC1(O)CNCc1cn(C)c(=O)n(C)c1=O. The summed E-state index contributed by atoms with van der Waals surface area (Å²) in [6, 6.07) is 0. The number of hydrogen-bond donors (Lipinski definition) is 2. The van der Waals surface area contributed by atoms with Crippen molar-refractivity contribution in [1.29, 1.82) is 0 Å². The van der Waals surface area contributed by atoms with Crippen molar-refractivity contribution < 1.29 is 9.84 Å². The van der Waals surface area contributed by atoms with Crippen LogP contribution < -0.4 is 16.6 Å². The molecular weight excluding hydrogens is 262 g/mol. The minimum atomic E-state index is -0.897. The predicted octanol–water partition coefficient (Wildman–Crippen LogP) is -1.29. The highest BCUT2D eigenvalue weighted by Crippen LogP contribution is 2.24. The monoisotopic (exact) mass is 283 g/mol. The largest absolute Gasteiger partial charge is 0.386 e. The molecular formula is C13H21N3O4. The van der Waals surface area contributed by atoms with Crippen molar-refractivity contribution in [3.8, 4) is 0 Å². The topological polar surface area (TPSA) is 85.5 Å². The molecule has 2 atom stereocenters. The molecule has 0 amide bonds. The van der Waals surface area contributed by atoms with Gasteiger partial charge in [0.15, 0.2) is 0 Å². The van der Waals surface area contributed by atoms with Gasteiger partial charge in [0.05, 0.1) is 6.10 Å². The number of aliphatic hydroxyl groups is 1. The number of aromatic nitrogens is 2. The zero-order chi connectivity index (χ0) is 14.9. The van der Waals surface area contributed by atoms with Crippen LogP contribution in [0.3, 0.4) is 0 Å². The summed E-state index contributed by atoms with van der Waals surface area (Å²) in [6.45, 7) is 3.02. The molecule has 7 heteroatoms. The van der Waals surface area contributed by atoms with Gasteiger partial charge < -0.3 is 19.7 Å². The maximum Gasteiger partial charge on any atom is 0.330 e. The molecule has 2 heterocycles. The zero-order valence-corrected chi connectivity index (χ0v) is 12.0. The van der Waals surface area contributed by atoms with E-state index < -0.39 is 5.60 Å². The minimum Gasteiger partial charge on any atom is -0.386 e. The van der Waals surface area contributed by atoms with Gasteiger partial charge in [0, 0.05) is 52.0 Å². The van der Waals surface area contributed by atoms with Gasteiger partial charge in [-0.2, -0.15) is 0 Å². The van der Waals surface area contributed by atoms with E-state index in [2.05, 4.69) is 5.32 Å². The van der Waals surface area contributed by atoms with Gasteiger partial charge in [-0.3, -0.25) is 9.36 Å². The lowest BCUT2D eigenvalue weighted by atomic mass is 9.97. The molecule has 2 rings (SSSR count). The van der Waals surface area contributed by atoms with Crippen molar-refractivity contribution in [1.82, 2.24) is 14.5 Å². The van der Waals surface area contributed by atoms with Crippen LogP contribution in [-0.2, 0) is 25.4 Å². The van der Waals surface area contributed by atoms with Gasteiger partial charge >= 0.3 is 5.69 Å². The van der Waals surface area contributed by atoms with Crippen LogP contribution in [0.4, 0.5) is 0 Å². The van der Waals surface area contributed by atoms with Crippen molar-refractivity contribution >= 4 is 0 Å². The Labute approximate surface area is 116 Å². The molecule has 1 saturated heterocycles. The molecule has 2 unspecified atom stereocenters. The third-order valence-corrected chi connectivity index (χ3v) is 3.92. The Morgan fingerprint density at radius 3 is 2.80 bits per heavy atom. The smallest absolute Gasteiger partial charge is 0.330 e. The number of hydrogen-bond acceptors (Lipinski definition) is 5. The van der Waals surface area contributed by atoms with Crippen LogP contribution in [0.5, 0.6) is 0 Å². The Balaban J connectivity index is 2.05. The van der Waals surface area contributed by atoms with E-state index in [0.717, 1.165) is 4.57 Å². The van der Waals surface area contributed by atoms with Crippen LogP contribution in [0, 0.1) is 0 Å². The van der Waals surface area contributed by atoms with Crippen molar-refractivity contribution in [2.75, 3.05) is 13.2 Å². The van der Waals surface area contributed by atoms with E-state index in [4.69, 9.17) is 4.74 Å². The highest BCUT2D eigenvalue weighted by atomic mass is 16.5. The van der Waals surface area contributed by atoms with Gasteiger partial charge in [-0.25, -0.2) is 4.79 Å². The average molecular weight is 283 g/mol. The summed E-state index contributed by atoms with van der Waals surface area (Å²) >= 11 is 0. The lowest BCUT2D eigenvalue weighted by Gasteiger charge is -2.26. The molecule has 7 nitrogen and oxygen atoms in total. The summed E-state index contributed by atoms with van der Waals surface area (Å²) in [5.74, 6) is 0. The highest BCUT2D eigenvalue weighted by Gasteiger charge is 2.38. The van der Waals surface area contributed by atoms with Gasteiger partial charge in [0.25, 0.3) is 5.56 Å². The molecule has 0 saturated carbocycles. The molecule has 0 radical (unpaired) electrons. The zero-order valence-electron chi connectivity index (χ0n) is 12.0. The second kappa shape index (κ2) is 5.51. The van der Waals surface area contributed by atoms with Gasteiger partial charge in [-0.1, -0.05) is 0 Å². The number of rotatable bonds is 4. The van der Waals surface area contributed by atoms with Crippen molar-refractivity contribution in [2.24, 2.45) is 14.1 Å². The van der Waals surface area contributed by atoms with Crippen LogP contribution >= 0.6 is 0 Å². The third-order valence-electron chi connectivity index (χ3n) is 3.92. The van der Waals surface area contributed by atoms with Crippen molar-refractivity contribution in [2.45, 2.75) is 31.6 Å². The van der Waals surface area contributed by atoms with Gasteiger partial charge in [0.1, 0.15) is 5.60 Å². The molecule has 0 aliphatic carbocycles. The third kappa shape index (κ3) is 2.70. The normalized spacial score (nSPS) is 26.1. The summed E-state index contributed by atoms with van der Waals surface area (Å²) in [5.41, 5.74) is -1.07. The Morgan fingerprint density at radius 1 is 1.50 bits per heavy atom. The standard InChI is InChI=1S/C13H21N3O4/c1-9-13(19,4-5-20-9)8-14-6-10-7-15(2)12(18)16(3)11(10)17/h7,9,14,19H,4-6,8H2,1-3H3. The van der Waals surface area contributed by atoms with Gasteiger partial charge in [0.2, 0.25) is 0 Å². The molecule has 0 bridgehead atoms. The van der Waals surface area contributed by atoms with Crippen LogP contribution in [-0.4, -0.2) is 39.1 Å².